The van der Waals surface area contributed by atoms with Crippen LogP contribution >= 0.6 is 0 Å². The van der Waals surface area contributed by atoms with Gasteiger partial charge in [0.1, 0.15) is 0 Å². The molecule has 2 saturated heterocycles. The largest absolute Gasteiger partial charge is 0.355 e. The summed E-state index contributed by atoms with van der Waals surface area (Å²) in [6.07, 6.45) is 8.19. The van der Waals surface area contributed by atoms with Gasteiger partial charge in [-0.3, -0.25) is 4.79 Å². The molecule has 1 atom stereocenters. The first-order valence-electron chi connectivity index (χ1n) is 8.69. The molecule has 120 valence electrons. The van der Waals surface area contributed by atoms with Gasteiger partial charge in [0, 0.05) is 25.7 Å². The van der Waals surface area contributed by atoms with Crippen LogP contribution in [0.3, 0.4) is 0 Å². The van der Waals surface area contributed by atoms with Crippen LogP contribution in [0, 0.1) is 0 Å². The molecule has 2 aliphatic rings. The molecule has 0 bridgehead atoms. The van der Waals surface area contributed by atoms with Gasteiger partial charge in [-0.15, -0.1) is 10.2 Å². The average Bonchev–Trinajstić information content (AvgIpc) is 2.62. The number of piperidine rings is 2. The maximum Gasteiger partial charge on any atom is 0.274 e. The van der Waals surface area contributed by atoms with Crippen LogP contribution in [0.1, 0.15) is 62.4 Å². The highest BCUT2D eigenvalue weighted by Crippen LogP contribution is 2.22. The van der Waals surface area contributed by atoms with Gasteiger partial charge < -0.3 is 9.80 Å². The lowest BCUT2D eigenvalue weighted by molar-refractivity contribution is 0.0600. The van der Waals surface area contributed by atoms with E-state index in [1.54, 1.807) is 0 Å². The molecule has 3 heterocycles. The van der Waals surface area contributed by atoms with E-state index in [-0.39, 0.29) is 5.91 Å². The van der Waals surface area contributed by atoms with E-state index in [2.05, 4.69) is 22.0 Å². The number of hydrogen-bond donors (Lipinski definition) is 0. The number of carbonyl (C=O) groups is 1. The minimum Gasteiger partial charge on any atom is -0.355 e. The van der Waals surface area contributed by atoms with Crippen LogP contribution in [0.5, 0.6) is 0 Å². The zero-order valence-corrected chi connectivity index (χ0v) is 13.5. The van der Waals surface area contributed by atoms with Crippen molar-refractivity contribution in [3.63, 3.8) is 0 Å². The summed E-state index contributed by atoms with van der Waals surface area (Å²) in [6.45, 7) is 5.10. The Morgan fingerprint density at radius 3 is 2.55 bits per heavy atom. The second-order valence-corrected chi connectivity index (χ2v) is 6.38. The Morgan fingerprint density at radius 1 is 1.09 bits per heavy atom. The van der Waals surface area contributed by atoms with E-state index in [0.29, 0.717) is 11.7 Å². The molecule has 22 heavy (non-hydrogen) atoms. The third kappa shape index (κ3) is 3.23. The van der Waals surface area contributed by atoms with Crippen molar-refractivity contribution in [2.75, 3.05) is 24.5 Å². The SMILES string of the molecule is CCC1CCCCN1C(=O)c1ccc(N2CCCCC2)nn1. The van der Waals surface area contributed by atoms with E-state index in [9.17, 15) is 4.79 Å². The van der Waals surface area contributed by atoms with Crippen LogP contribution in [0.15, 0.2) is 12.1 Å². The summed E-state index contributed by atoms with van der Waals surface area (Å²) >= 11 is 0. The standard InChI is InChI=1S/C17H26N4O/c1-2-14-8-4-7-13-21(14)17(22)15-9-10-16(19-18-15)20-11-5-3-6-12-20/h9-10,14H,2-8,11-13H2,1H3. The van der Waals surface area contributed by atoms with Gasteiger partial charge in [-0.2, -0.15) is 0 Å². The molecule has 0 aromatic carbocycles. The van der Waals surface area contributed by atoms with Crippen LogP contribution in [-0.4, -0.2) is 46.7 Å². The molecule has 0 aliphatic carbocycles. The summed E-state index contributed by atoms with van der Waals surface area (Å²) in [5, 5.41) is 8.51. The van der Waals surface area contributed by atoms with Crippen molar-refractivity contribution < 1.29 is 4.79 Å². The van der Waals surface area contributed by atoms with E-state index >= 15 is 0 Å². The van der Waals surface area contributed by atoms with Crippen molar-refractivity contribution >= 4 is 11.7 Å². The number of anilines is 1. The van der Waals surface area contributed by atoms with Crippen LogP contribution in [-0.2, 0) is 0 Å². The predicted octanol–water partition coefficient (Wildman–Crippen LogP) is 2.87. The van der Waals surface area contributed by atoms with Gasteiger partial charge in [-0.05, 0) is 57.1 Å². The van der Waals surface area contributed by atoms with Crippen molar-refractivity contribution in [3.8, 4) is 0 Å². The van der Waals surface area contributed by atoms with Crippen molar-refractivity contribution in [3.05, 3.63) is 17.8 Å². The van der Waals surface area contributed by atoms with E-state index in [0.717, 1.165) is 44.7 Å². The zero-order valence-electron chi connectivity index (χ0n) is 13.5. The summed E-state index contributed by atoms with van der Waals surface area (Å²) in [5.74, 6) is 0.950. The minimum absolute atomic E-state index is 0.0456. The molecule has 1 unspecified atom stereocenters. The first-order chi connectivity index (χ1) is 10.8. The molecule has 1 aromatic rings. The summed E-state index contributed by atoms with van der Waals surface area (Å²) in [4.78, 5) is 16.9. The van der Waals surface area contributed by atoms with Gasteiger partial charge in [0.2, 0.25) is 0 Å². The van der Waals surface area contributed by atoms with Gasteiger partial charge in [-0.25, -0.2) is 0 Å². The predicted molar refractivity (Wildman–Crippen MR) is 87.1 cm³/mol. The van der Waals surface area contributed by atoms with Crippen molar-refractivity contribution in [1.82, 2.24) is 15.1 Å². The fraction of sp³-hybridized carbons (Fsp3) is 0.706. The van der Waals surface area contributed by atoms with E-state index in [4.69, 9.17) is 0 Å². The van der Waals surface area contributed by atoms with Gasteiger partial charge >= 0.3 is 0 Å². The van der Waals surface area contributed by atoms with Gasteiger partial charge in [0.15, 0.2) is 11.5 Å². The average molecular weight is 302 g/mol. The fourth-order valence-corrected chi connectivity index (χ4v) is 3.57. The third-order valence-corrected chi connectivity index (χ3v) is 4.91. The lowest BCUT2D eigenvalue weighted by Crippen LogP contribution is -2.43. The highest BCUT2D eigenvalue weighted by molar-refractivity contribution is 5.92. The quantitative estimate of drug-likeness (QED) is 0.861. The van der Waals surface area contributed by atoms with E-state index < -0.39 is 0 Å². The van der Waals surface area contributed by atoms with Crippen LogP contribution in [0.4, 0.5) is 5.82 Å². The third-order valence-electron chi connectivity index (χ3n) is 4.91. The van der Waals surface area contributed by atoms with Gasteiger partial charge in [-0.1, -0.05) is 6.92 Å². The van der Waals surface area contributed by atoms with E-state index in [1.807, 2.05) is 17.0 Å². The number of rotatable bonds is 3. The van der Waals surface area contributed by atoms with Crippen LogP contribution < -0.4 is 4.90 Å². The van der Waals surface area contributed by atoms with E-state index in [1.165, 1.54) is 25.7 Å². The fourth-order valence-electron chi connectivity index (χ4n) is 3.57. The van der Waals surface area contributed by atoms with Crippen molar-refractivity contribution in [1.29, 1.82) is 0 Å². The Bertz CT molecular complexity index is 496. The topological polar surface area (TPSA) is 49.3 Å². The Hall–Kier alpha value is -1.65. The summed E-state index contributed by atoms with van der Waals surface area (Å²) < 4.78 is 0. The number of nitrogens with zero attached hydrogens (tertiary/aromatic N) is 4. The summed E-state index contributed by atoms with van der Waals surface area (Å²) in [5.41, 5.74) is 0.487. The molecular formula is C17H26N4O. The second kappa shape index (κ2) is 7.07. The maximum atomic E-state index is 12.7. The van der Waals surface area contributed by atoms with Crippen molar-refractivity contribution in [2.24, 2.45) is 0 Å². The van der Waals surface area contributed by atoms with Crippen LogP contribution in [0.2, 0.25) is 0 Å². The second-order valence-electron chi connectivity index (χ2n) is 6.38. The molecule has 5 nitrogen and oxygen atoms in total. The highest BCUT2D eigenvalue weighted by atomic mass is 16.2. The Balaban J connectivity index is 1.70. The van der Waals surface area contributed by atoms with Crippen LogP contribution in [0.25, 0.3) is 0 Å². The summed E-state index contributed by atoms with van der Waals surface area (Å²) in [6, 6.07) is 4.17. The Morgan fingerprint density at radius 2 is 1.86 bits per heavy atom. The number of carbonyl (C=O) groups excluding carboxylic acids is 1. The zero-order chi connectivity index (χ0) is 15.4. The molecule has 2 fully saturated rings. The molecular weight excluding hydrogens is 276 g/mol. The molecule has 0 spiro atoms. The molecule has 2 aliphatic heterocycles. The van der Waals surface area contributed by atoms with Crippen molar-refractivity contribution in [2.45, 2.75) is 57.9 Å². The molecule has 5 heteroatoms. The highest BCUT2D eigenvalue weighted by Gasteiger charge is 2.27. The van der Waals surface area contributed by atoms with Gasteiger partial charge in [0.25, 0.3) is 5.91 Å². The molecule has 3 rings (SSSR count). The lowest BCUT2D eigenvalue weighted by Gasteiger charge is -2.35. The molecule has 0 N–H and O–H groups in total. The molecule has 0 radical (unpaired) electrons. The number of hydrogen-bond acceptors (Lipinski definition) is 4. The first kappa shape index (κ1) is 15.3. The number of likely N-dealkylation sites (tertiary alicyclic amines) is 1. The number of amides is 1. The molecule has 1 aromatic heterocycles. The monoisotopic (exact) mass is 302 g/mol. The first-order valence-corrected chi connectivity index (χ1v) is 8.69. The molecule has 0 saturated carbocycles. The number of aromatic nitrogens is 2. The Kier molecular flexibility index (Phi) is 4.90. The summed E-state index contributed by atoms with van der Waals surface area (Å²) in [7, 11) is 0. The van der Waals surface area contributed by atoms with Gasteiger partial charge in [0.05, 0.1) is 0 Å². The maximum absolute atomic E-state index is 12.7. The Labute approximate surface area is 132 Å². The smallest absolute Gasteiger partial charge is 0.274 e. The minimum atomic E-state index is 0.0456. The molecule has 1 amide bonds. The normalized spacial score (nSPS) is 22.7. The lowest BCUT2D eigenvalue weighted by atomic mass is 9.99.